The molecule has 0 heterocycles. The molecule has 0 saturated heterocycles. The van der Waals surface area contributed by atoms with Gasteiger partial charge in [0, 0.05) is 0 Å². The van der Waals surface area contributed by atoms with Crippen LogP contribution in [0.2, 0.25) is 0 Å². The summed E-state index contributed by atoms with van der Waals surface area (Å²) >= 11 is 0. The Morgan fingerprint density at radius 2 is 0.895 bits per heavy atom. The van der Waals surface area contributed by atoms with Gasteiger partial charge in [-0.2, -0.15) is 0 Å². The second kappa shape index (κ2) is 55.3. The summed E-state index contributed by atoms with van der Waals surface area (Å²) in [6, 6.07) is 0. The van der Waals surface area contributed by atoms with Gasteiger partial charge in [-0.3, -0.25) is 14.7 Å². The molecule has 0 aliphatic carbocycles. The van der Waals surface area contributed by atoms with E-state index in [1.54, 1.807) is 0 Å². The molecule has 110 valence electrons. The third kappa shape index (κ3) is 179. The summed E-state index contributed by atoms with van der Waals surface area (Å²) in [4.78, 5) is 4.50. The zero-order valence-electron chi connectivity index (χ0n) is 10.3. The normalized spacial score (nSPS) is 6.00. The second-order valence-corrected chi connectivity index (χ2v) is 2.30. The van der Waals surface area contributed by atoms with Crippen LogP contribution in [0.15, 0.2) is 0 Å². The molecule has 0 amide bonds. The van der Waals surface area contributed by atoms with Crippen LogP contribution in [0.25, 0.3) is 47.9 Å². The fraction of sp³-hybridized carbons (Fsp3) is 1.00. The van der Waals surface area contributed by atoms with Gasteiger partial charge in [0.2, 0.25) is 0 Å². The smallest absolute Gasteiger partial charge is 0.373 e. The molecule has 13 heteroatoms. The van der Waals surface area contributed by atoms with Gasteiger partial charge in [-0.25, -0.2) is 0 Å². The van der Waals surface area contributed by atoms with Crippen molar-refractivity contribution in [2.75, 3.05) is 26.2 Å². The van der Waals surface area contributed by atoms with Crippen LogP contribution in [0, 0.1) is 0 Å². The summed E-state index contributed by atoms with van der Waals surface area (Å²) in [5.74, 6) is 0. The summed E-state index contributed by atoms with van der Waals surface area (Å²) in [5.41, 5.74) is 51.1. The first-order valence-electron chi connectivity index (χ1n) is 4.72. The Bertz CT molecular complexity index is 190. The topological polar surface area (TPSA) is 240 Å². The average molecular weight is 316 g/mol. The molecule has 0 saturated carbocycles. The predicted octanol–water partition coefficient (Wildman–Crippen LogP) is 1.87. The van der Waals surface area contributed by atoms with Crippen molar-refractivity contribution in [1.82, 2.24) is 5.32 Å². The number of nitrogens with zero attached hydrogens (tertiary/aromatic N) is 9. The Morgan fingerprint density at radius 1 is 0.684 bits per heavy atom. The number of nitrogens with one attached hydrogen (secondary N) is 1. The molecule has 0 aliphatic heterocycles. The largest absolute Gasteiger partial charge is 3.00 e. The van der Waals surface area contributed by atoms with Crippen LogP contribution in [-0.2, 0) is 16.8 Å². The van der Waals surface area contributed by atoms with E-state index in [1.165, 1.54) is 14.7 Å². The second-order valence-electron chi connectivity index (χ2n) is 2.30. The molecule has 19 heavy (non-hydrogen) atoms. The van der Waals surface area contributed by atoms with E-state index >= 15 is 0 Å². The quantitative estimate of drug-likeness (QED) is 0.287. The Kier molecular flexibility index (Phi) is 88.5. The van der Waals surface area contributed by atoms with E-state index in [1.807, 2.05) is 0 Å². The molecule has 0 radical (unpaired) electrons. The van der Waals surface area contributed by atoms with E-state index in [0.717, 1.165) is 39.0 Å². The monoisotopic (exact) mass is 316 g/mol. The fourth-order valence-corrected chi connectivity index (χ4v) is 0.579. The molecule has 0 aromatic rings. The molecule has 0 fully saturated rings. The molecule has 0 rings (SSSR count). The van der Waals surface area contributed by atoms with Gasteiger partial charge >= 0.3 is 16.8 Å². The standard InChI is InChI=1S/C6H17N3.Co.3N3/c7-3-1-5-9-6-2-4-8;;3*1-3-2/h9H,1-8H2;;;;/q;+3;3*-1. The minimum absolute atomic E-state index is 0. The third-order valence-corrected chi connectivity index (χ3v) is 1.12. The summed E-state index contributed by atoms with van der Waals surface area (Å²) < 4.78 is 0. The van der Waals surface area contributed by atoms with Gasteiger partial charge in [-0.1, -0.05) is 0 Å². The van der Waals surface area contributed by atoms with E-state index < -0.39 is 0 Å². The molecule has 12 nitrogen and oxygen atoms in total. The van der Waals surface area contributed by atoms with Gasteiger partial charge in [0.15, 0.2) is 0 Å². The van der Waals surface area contributed by atoms with Crippen molar-refractivity contribution < 1.29 is 16.8 Å². The Morgan fingerprint density at radius 3 is 1.05 bits per heavy atom. The van der Waals surface area contributed by atoms with Crippen LogP contribution in [0.1, 0.15) is 12.8 Å². The van der Waals surface area contributed by atoms with Crippen molar-refractivity contribution in [3.8, 4) is 0 Å². The van der Waals surface area contributed by atoms with Crippen molar-refractivity contribution in [3.05, 3.63) is 47.9 Å². The SMILES string of the molecule is NCCCNCCCN.[Co+3].[N-]=[N+]=[N-].[N-]=[N+]=[N-].[N-]=[N+]=[N-]. The van der Waals surface area contributed by atoms with Gasteiger partial charge in [0.1, 0.15) is 0 Å². The van der Waals surface area contributed by atoms with E-state index in [0.29, 0.717) is 0 Å². The van der Waals surface area contributed by atoms with E-state index in [9.17, 15) is 0 Å². The van der Waals surface area contributed by atoms with Gasteiger partial charge in [-0.05, 0) is 39.0 Å². The molecule has 0 bridgehead atoms. The summed E-state index contributed by atoms with van der Waals surface area (Å²) in [5, 5.41) is 3.23. The molecular weight excluding hydrogens is 299 g/mol. The molecule has 5 N–H and O–H groups in total. The average Bonchev–Trinajstić information content (AvgIpc) is 2.32. The molecular formula is C6H17CoN12. The van der Waals surface area contributed by atoms with Gasteiger partial charge in [-0.15, -0.1) is 0 Å². The van der Waals surface area contributed by atoms with Crippen molar-refractivity contribution in [1.29, 1.82) is 0 Å². The third-order valence-electron chi connectivity index (χ3n) is 1.12. The van der Waals surface area contributed by atoms with Crippen molar-refractivity contribution in [2.45, 2.75) is 12.8 Å². The first-order chi connectivity index (χ1) is 8.66. The zero-order chi connectivity index (χ0) is 15.1. The maximum Gasteiger partial charge on any atom is 3.00 e. The Balaban J connectivity index is -0.0000000548. The number of nitrogens with two attached hydrogens (primary N) is 2. The van der Waals surface area contributed by atoms with Crippen LogP contribution >= 0.6 is 0 Å². The number of hydrogen-bond acceptors (Lipinski definition) is 3. The maximum atomic E-state index is 6.75. The van der Waals surface area contributed by atoms with Crippen LogP contribution in [-0.4, -0.2) is 26.2 Å². The first kappa shape index (κ1) is 30.4. The molecule has 0 atom stereocenters. The van der Waals surface area contributed by atoms with Crippen LogP contribution in [0.4, 0.5) is 0 Å². The molecule has 0 aromatic heterocycles. The van der Waals surface area contributed by atoms with Crippen molar-refractivity contribution in [3.63, 3.8) is 0 Å². The molecule has 0 aromatic carbocycles. The summed E-state index contributed by atoms with van der Waals surface area (Å²) in [7, 11) is 0. The van der Waals surface area contributed by atoms with Crippen molar-refractivity contribution >= 4 is 0 Å². The maximum absolute atomic E-state index is 6.75. The summed E-state index contributed by atoms with van der Waals surface area (Å²) in [6.07, 6.45) is 2.12. The van der Waals surface area contributed by atoms with Crippen LogP contribution in [0.5, 0.6) is 0 Å². The van der Waals surface area contributed by atoms with Crippen LogP contribution < -0.4 is 16.8 Å². The fourth-order valence-electron chi connectivity index (χ4n) is 0.579. The number of rotatable bonds is 6. The minimum atomic E-state index is 0. The minimum Gasteiger partial charge on any atom is -0.373 e. The van der Waals surface area contributed by atoms with E-state index in [-0.39, 0.29) is 16.8 Å². The summed E-state index contributed by atoms with van der Waals surface area (Å²) in [6.45, 7) is 3.60. The molecule has 0 spiro atoms. The number of hydrogen-bond donors (Lipinski definition) is 3. The molecule has 0 unspecified atom stereocenters. The predicted molar refractivity (Wildman–Crippen MR) is 70.4 cm³/mol. The van der Waals surface area contributed by atoms with Gasteiger partial charge in [0.25, 0.3) is 0 Å². The van der Waals surface area contributed by atoms with E-state index in [2.05, 4.69) is 5.32 Å². The van der Waals surface area contributed by atoms with Gasteiger partial charge in [0.05, 0.1) is 0 Å². The zero-order valence-corrected chi connectivity index (χ0v) is 11.3. The molecule has 0 aliphatic rings. The van der Waals surface area contributed by atoms with Gasteiger partial charge < -0.3 is 50.0 Å². The van der Waals surface area contributed by atoms with E-state index in [4.69, 9.17) is 44.7 Å². The first-order valence-corrected chi connectivity index (χ1v) is 4.72. The Labute approximate surface area is 121 Å². The Hall–Kier alpha value is -1.68. The van der Waals surface area contributed by atoms with Crippen molar-refractivity contribution in [2.24, 2.45) is 11.5 Å². The van der Waals surface area contributed by atoms with Crippen LogP contribution in [0.3, 0.4) is 0 Å².